The Morgan fingerprint density at radius 2 is 2.29 bits per heavy atom. The Balaban J connectivity index is 1.60. The van der Waals surface area contributed by atoms with Gasteiger partial charge in [-0.3, -0.25) is 4.79 Å². The lowest BCUT2D eigenvalue weighted by atomic mass is 9.99. The molecule has 0 fully saturated rings. The predicted molar refractivity (Wildman–Crippen MR) is 82.9 cm³/mol. The van der Waals surface area contributed by atoms with E-state index in [1.807, 2.05) is 6.92 Å². The third-order valence-electron chi connectivity index (χ3n) is 4.11. The number of nitrogens with zero attached hydrogens (tertiary/aromatic N) is 3. The Bertz CT molecular complexity index is 737. The zero-order chi connectivity index (χ0) is 17.3. The van der Waals surface area contributed by atoms with Crippen molar-refractivity contribution in [2.45, 2.75) is 38.9 Å². The number of hydrogen-bond donors (Lipinski definition) is 1. The molecule has 1 aliphatic heterocycles. The van der Waals surface area contributed by atoms with E-state index >= 15 is 0 Å². The standard InChI is InChI=1S/C15H17F3N4OS/c1-2-10-13(24-8-20-10)14(23)19-5-9-3-4-12-21-11(15(16,17)18)7-22(12)6-9/h7-9H,2-6H2,1H3,(H,19,23)/t9-/m0/s1. The van der Waals surface area contributed by atoms with Crippen LogP contribution in [0.2, 0.25) is 0 Å². The molecule has 1 atom stereocenters. The van der Waals surface area contributed by atoms with Crippen LogP contribution in [-0.4, -0.2) is 27.0 Å². The van der Waals surface area contributed by atoms with Crippen LogP contribution in [0.4, 0.5) is 13.2 Å². The molecule has 1 aliphatic rings. The molecule has 0 spiro atoms. The lowest BCUT2D eigenvalue weighted by molar-refractivity contribution is -0.141. The number of imidazole rings is 1. The van der Waals surface area contributed by atoms with Crippen molar-refractivity contribution < 1.29 is 18.0 Å². The van der Waals surface area contributed by atoms with Gasteiger partial charge in [-0.15, -0.1) is 11.3 Å². The molecule has 1 amide bonds. The van der Waals surface area contributed by atoms with Crippen LogP contribution in [0.25, 0.3) is 0 Å². The number of nitrogens with one attached hydrogen (secondary N) is 1. The van der Waals surface area contributed by atoms with Crippen LogP contribution in [0.1, 0.15) is 40.2 Å². The molecule has 9 heteroatoms. The number of fused-ring (bicyclic) bond motifs is 1. The zero-order valence-corrected chi connectivity index (χ0v) is 13.9. The molecular weight excluding hydrogens is 341 g/mol. The molecule has 0 saturated carbocycles. The number of amides is 1. The SMILES string of the molecule is CCc1ncsc1C(=O)NC[C@@H]1CCc2nc(C(F)(F)F)cn2C1. The summed E-state index contributed by atoms with van der Waals surface area (Å²) in [4.78, 5) is 20.6. The molecule has 0 saturated heterocycles. The number of thiazole rings is 1. The third-order valence-corrected chi connectivity index (χ3v) is 4.98. The molecule has 0 unspecified atom stereocenters. The second kappa shape index (κ2) is 6.54. The molecule has 2 aromatic heterocycles. The smallest absolute Gasteiger partial charge is 0.351 e. The van der Waals surface area contributed by atoms with Crippen molar-refractivity contribution in [3.8, 4) is 0 Å². The number of carbonyl (C=O) groups is 1. The highest BCUT2D eigenvalue weighted by molar-refractivity contribution is 7.11. The number of alkyl halides is 3. The quantitative estimate of drug-likeness (QED) is 0.914. The van der Waals surface area contributed by atoms with Crippen LogP contribution in [0.5, 0.6) is 0 Å². The fourth-order valence-electron chi connectivity index (χ4n) is 2.84. The summed E-state index contributed by atoms with van der Waals surface area (Å²) >= 11 is 1.30. The molecule has 2 aromatic rings. The normalized spacial score (nSPS) is 17.6. The van der Waals surface area contributed by atoms with Gasteiger partial charge < -0.3 is 9.88 Å². The highest BCUT2D eigenvalue weighted by Gasteiger charge is 2.35. The van der Waals surface area contributed by atoms with Gasteiger partial charge >= 0.3 is 6.18 Å². The maximum atomic E-state index is 12.7. The van der Waals surface area contributed by atoms with Gasteiger partial charge in [0.15, 0.2) is 5.69 Å². The lowest BCUT2D eigenvalue weighted by Crippen LogP contribution is -2.33. The van der Waals surface area contributed by atoms with Crippen LogP contribution in [0, 0.1) is 5.92 Å². The average molecular weight is 358 g/mol. The van der Waals surface area contributed by atoms with Crippen molar-refractivity contribution in [2.24, 2.45) is 5.92 Å². The lowest BCUT2D eigenvalue weighted by Gasteiger charge is -2.23. The molecule has 0 bridgehead atoms. The number of carbonyl (C=O) groups excluding carboxylic acids is 1. The first-order valence-electron chi connectivity index (χ1n) is 7.72. The minimum absolute atomic E-state index is 0.0923. The summed E-state index contributed by atoms with van der Waals surface area (Å²) in [6, 6.07) is 0. The van der Waals surface area contributed by atoms with E-state index < -0.39 is 11.9 Å². The number of aryl methyl sites for hydroxylation is 2. The van der Waals surface area contributed by atoms with Gasteiger partial charge in [-0.1, -0.05) is 6.92 Å². The van der Waals surface area contributed by atoms with Crippen molar-refractivity contribution >= 4 is 17.2 Å². The molecule has 3 heterocycles. The van der Waals surface area contributed by atoms with Crippen molar-refractivity contribution in [3.63, 3.8) is 0 Å². The van der Waals surface area contributed by atoms with Crippen molar-refractivity contribution in [1.29, 1.82) is 0 Å². The van der Waals surface area contributed by atoms with Crippen LogP contribution in [-0.2, 0) is 25.6 Å². The number of rotatable bonds is 4. The summed E-state index contributed by atoms with van der Waals surface area (Å²) in [5, 5.41) is 2.87. The average Bonchev–Trinajstić information content (AvgIpc) is 3.17. The summed E-state index contributed by atoms with van der Waals surface area (Å²) in [5.74, 6) is 0.386. The van der Waals surface area contributed by atoms with Gasteiger partial charge in [0.1, 0.15) is 10.7 Å². The maximum absolute atomic E-state index is 12.7. The summed E-state index contributed by atoms with van der Waals surface area (Å²) < 4.78 is 39.7. The highest BCUT2D eigenvalue weighted by Crippen LogP contribution is 2.30. The van der Waals surface area contributed by atoms with Crippen molar-refractivity contribution in [3.05, 3.63) is 33.8 Å². The molecule has 24 heavy (non-hydrogen) atoms. The van der Waals surface area contributed by atoms with Gasteiger partial charge in [-0.2, -0.15) is 13.2 Å². The van der Waals surface area contributed by atoms with Gasteiger partial charge in [0.05, 0.1) is 11.2 Å². The molecule has 0 aromatic carbocycles. The minimum atomic E-state index is -4.42. The van der Waals surface area contributed by atoms with E-state index in [1.54, 1.807) is 10.1 Å². The Kier molecular flexibility index (Phi) is 4.62. The largest absolute Gasteiger partial charge is 0.434 e. The fourth-order valence-corrected chi connectivity index (χ4v) is 3.64. The molecule has 1 N–H and O–H groups in total. The molecular formula is C15H17F3N4OS. The minimum Gasteiger partial charge on any atom is -0.351 e. The van der Waals surface area contributed by atoms with E-state index in [-0.39, 0.29) is 11.8 Å². The first-order chi connectivity index (χ1) is 11.4. The second-order valence-electron chi connectivity index (χ2n) is 5.79. The molecule has 130 valence electrons. The Hall–Kier alpha value is -1.90. The predicted octanol–water partition coefficient (Wildman–Crippen LogP) is 2.91. The second-order valence-corrected chi connectivity index (χ2v) is 6.64. The Morgan fingerprint density at radius 1 is 1.50 bits per heavy atom. The van der Waals surface area contributed by atoms with E-state index in [4.69, 9.17) is 0 Å². The highest BCUT2D eigenvalue weighted by atomic mass is 32.1. The van der Waals surface area contributed by atoms with Gasteiger partial charge in [0.25, 0.3) is 5.91 Å². The van der Waals surface area contributed by atoms with Crippen LogP contribution in [0.15, 0.2) is 11.7 Å². The van der Waals surface area contributed by atoms with Crippen LogP contribution >= 0.6 is 11.3 Å². The number of halogens is 3. The molecule has 3 rings (SSSR count). The summed E-state index contributed by atoms with van der Waals surface area (Å²) in [6.07, 6.45) is -1.48. The van der Waals surface area contributed by atoms with E-state index in [9.17, 15) is 18.0 Å². The van der Waals surface area contributed by atoms with Crippen molar-refractivity contribution in [2.75, 3.05) is 6.54 Å². The fraction of sp³-hybridized carbons (Fsp3) is 0.533. The van der Waals surface area contributed by atoms with Gasteiger partial charge in [0.2, 0.25) is 0 Å². The Labute approximate surface area is 140 Å². The molecule has 0 aliphatic carbocycles. The Morgan fingerprint density at radius 3 is 3.00 bits per heavy atom. The van der Waals surface area contributed by atoms with Gasteiger partial charge in [-0.05, 0) is 18.8 Å². The van der Waals surface area contributed by atoms with Crippen LogP contribution < -0.4 is 5.32 Å². The summed E-state index contributed by atoms with van der Waals surface area (Å²) in [6.45, 7) is 2.80. The first kappa shape index (κ1) is 16.9. The monoisotopic (exact) mass is 358 g/mol. The number of hydrogen-bond acceptors (Lipinski definition) is 4. The zero-order valence-electron chi connectivity index (χ0n) is 13.1. The van der Waals surface area contributed by atoms with Crippen LogP contribution in [0.3, 0.4) is 0 Å². The van der Waals surface area contributed by atoms with Gasteiger partial charge in [-0.25, -0.2) is 9.97 Å². The summed E-state index contributed by atoms with van der Waals surface area (Å²) in [7, 11) is 0. The maximum Gasteiger partial charge on any atom is 0.434 e. The molecule has 5 nitrogen and oxygen atoms in total. The van der Waals surface area contributed by atoms with E-state index in [0.29, 0.717) is 43.1 Å². The van der Waals surface area contributed by atoms with E-state index in [1.165, 1.54) is 11.3 Å². The van der Waals surface area contributed by atoms with E-state index in [0.717, 1.165) is 11.9 Å². The molecule has 0 radical (unpaired) electrons. The van der Waals surface area contributed by atoms with Crippen molar-refractivity contribution in [1.82, 2.24) is 19.9 Å². The van der Waals surface area contributed by atoms with Gasteiger partial charge in [0, 0.05) is 25.7 Å². The third kappa shape index (κ3) is 3.45. The first-order valence-corrected chi connectivity index (χ1v) is 8.60. The number of aromatic nitrogens is 3. The topological polar surface area (TPSA) is 59.8 Å². The summed E-state index contributed by atoms with van der Waals surface area (Å²) in [5.41, 5.74) is 1.57. The van der Waals surface area contributed by atoms with E-state index in [2.05, 4.69) is 15.3 Å².